The summed E-state index contributed by atoms with van der Waals surface area (Å²) in [6, 6.07) is 8.22. The number of benzene rings is 1. The van der Waals surface area contributed by atoms with Crippen LogP contribution in [0.4, 0.5) is 5.69 Å². The van der Waals surface area contributed by atoms with Gasteiger partial charge in [0.25, 0.3) is 5.91 Å². The molecule has 2 amide bonds. The monoisotopic (exact) mass is 345 g/mol. The number of para-hydroxylation sites is 1. The second-order valence-electron chi connectivity index (χ2n) is 6.41. The molecule has 0 aromatic heterocycles. The zero-order chi connectivity index (χ0) is 18.2. The molecule has 1 aliphatic rings. The molecule has 1 aromatic rings. The Bertz CT molecular complexity index is 611. The van der Waals surface area contributed by atoms with Crippen LogP contribution in [0.3, 0.4) is 0 Å². The van der Waals surface area contributed by atoms with E-state index < -0.39 is 17.9 Å². The third-order valence-electron chi connectivity index (χ3n) is 4.67. The number of hydrogen-bond acceptors (Lipinski definition) is 5. The molecule has 1 aromatic carbocycles. The van der Waals surface area contributed by atoms with Gasteiger partial charge in [0.15, 0.2) is 0 Å². The molecule has 2 rings (SSSR count). The number of carbonyl (C=O) groups is 2. The summed E-state index contributed by atoms with van der Waals surface area (Å²) in [6.45, 7) is 0. The molecular formula is C18H27N5O2. The van der Waals surface area contributed by atoms with Gasteiger partial charge < -0.3 is 16.8 Å². The van der Waals surface area contributed by atoms with Crippen molar-refractivity contribution in [1.82, 2.24) is 5.32 Å². The first kappa shape index (κ1) is 18.8. The van der Waals surface area contributed by atoms with Crippen molar-refractivity contribution in [2.24, 2.45) is 23.2 Å². The van der Waals surface area contributed by atoms with Gasteiger partial charge in [0.2, 0.25) is 5.91 Å². The van der Waals surface area contributed by atoms with Gasteiger partial charge in [-0.25, -0.2) is 5.84 Å². The molecule has 1 fully saturated rings. The van der Waals surface area contributed by atoms with E-state index >= 15 is 0 Å². The highest BCUT2D eigenvalue weighted by Crippen LogP contribution is 2.29. The number of nitrogens with zero attached hydrogens (tertiary/aromatic N) is 1. The molecule has 1 saturated carbocycles. The van der Waals surface area contributed by atoms with E-state index in [1.165, 1.54) is 30.7 Å². The molecule has 1 atom stereocenters. The lowest BCUT2D eigenvalue weighted by Crippen LogP contribution is -2.48. The molecule has 7 nitrogen and oxygen atoms in total. The first-order chi connectivity index (χ1) is 12.0. The molecule has 0 bridgehead atoms. The third-order valence-corrected chi connectivity index (χ3v) is 4.67. The van der Waals surface area contributed by atoms with Crippen LogP contribution in [-0.4, -0.2) is 17.9 Å². The summed E-state index contributed by atoms with van der Waals surface area (Å²) in [5.41, 5.74) is 11.7. The number of carbonyl (C=O) groups excluding carboxylic acids is 2. The Hall–Kier alpha value is -2.54. The normalized spacial score (nSPS) is 16.4. The molecule has 1 aliphatic carbocycles. The average Bonchev–Trinajstić information content (AvgIpc) is 3.13. The zero-order valence-corrected chi connectivity index (χ0v) is 14.4. The van der Waals surface area contributed by atoms with E-state index in [1.807, 2.05) is 6.07 Å². The topological polar surface area (TPSA) is 127 Å². The standard InChI is InChI=1S/C18H27N5O2/c19-12-16(23(21)14-8-2-1-3-9-14)18(25)22-15(17(20)24)11-10-13-6-4-5-7-13/h1-3,8-9,12-13,15H,4-7,10-11,19,21H2,(H2,20,24)(H,22,25)/b16-12-. The molecule has 0 radical (unpaired) electrons. The van der Waals surface area contributed by atoms with E-state index in [0.717, 1.165) is 12.6 Å². The summed E-state index contributed by atoms with van der Waals surface area (Å²) < 4.78 is 0. The second kappa shape index (κ2) is 9.08. The van der Waals surface area contributed by atoms with Crippen molar-refractivity contribution >= 4 is 17.5 Å². The minimum atomic E-state index is -0.729. The fraction of sp³-hybridized carbons (Fsp3) is 0.444. The van der Waals surface area contributed by atoms with Gasteiger partial charge in [-0.3, -0.25) is 14.6 Å². The van der Waals surface area contributed by atoms with E-state index in [0.29, 0.717) is 18.0 Å². The quantitative estimate of drug-likeness (QED) is 0.319. The number of hydrogen-bond donors (Lipinski definition) is 4. The maximum Gasteiger partial charge on any atom is 0.271 e. The van der Waals surface area contributed by atoms with Crippen molar-refractivity contribution in [3.63, 3.8) is 0 Å². The summed E-state index contributed by atoms with van der Waals surface area (Å²) in [5.74, 6) is 5.52. The summed E-state index contributed by atoms with van der Waals surface area (Å²) in [7, 11) is 0. The fourth-order valence-electron chi connectivity index (χ4n) is 3.21. The van der Waals surface area contributed by atoms with Gasteiger partial charge in [0, 0.05) is 6.20 Å². The minimum absolute atomic E-state index is 0.0540. The molecular weight excluding hydrogens is 318 g/mol. The predicted molar refractivity (Wildman–Crippen MR) is 97.7 cm³/mol. The van der Waals surface area contributed by atoms with Gasteiger partial charge in [0.1, 0.15) is 11.7 Å². The number of nitrogens with two attached hydrogens (primary N) is 3. The van der Waals surface area contributed by atoms with Crippen molar-refractivity contribution in [3.05, 3.63) is 42.2 Å². The van der Waals surface area contributed by atoms with Gasteiger partial charge in [-0.2, -0.15) is 0 Å². The van der Waals surface area contributed by atoms with Crippen molar-refractivity contribution in [2.75, 3.05) is 5.01 Å². The number of nitrogens with one attached hydrogen (secondary N) is 1. The zero-order valence-electron chi connectivity index (χ0n) is 14.4. The third kappa shape index (κ3) is 5.22. The molecule has 25 heavy (non-hydrogen) atoms. The molecule has 7 heteroatoms. The van der Waals surface area contributed by atoms with Crippen molar-refractivity contribution in [1.29, 1.82) is 0 Å². The Labute approximate surface area is 148 Å². The SMILES string of the molecule is N/C=C(/C(=O)NC(CCC1CCCC1)C(N)=O)N(N)c1ccccc1. The lowest BCUT2D eigenvalue weighted by Gasteiger charge is -2.23. The van der Waals surface area contributed by atoms with E-state index in [2.05, 4.69) is 5.32 Å². The number of anilines is 1. The number of hydrazine groups is 1. The fourth-order valence-corrected chi connectivity index (χ4v) is 3.21. The van der Waals surface area contributed by atoms with Gasteiger partial charge in [-0.15, -0.1) is 0 Å². The number of amides is 2. The average molecular weight is 345 g/mol. The molecule has 0 spiro atoms. The van der Waals surface area contributed by atoms with Crippen LogP contribution >= 0.6 is 0 Å². The summed E-state index contributed by atoms with van der Waals surface area (Å²) in [5, 5.41) is 3.84. The highest BCUT2D eigenvalue weighted by molar-refractivity contribution is 5.99. The molecule has 0 heterocycles. The Morgan fingerprint density at radius 1 is 1.24 bits per heavy atom. The highest BCUT2D eigenvalue weighted by atomic mass is 16.2. The Morgan fingerprint density at radius 3 is 2.44 bits per heavy atom. The smallest absolute Gasteiger partial charge is 0.271 e. The number of rotatable bonds is 8. The van der Waals surface area contributed by atoms with Gasteiger partial charge in [-0.05, 0) is 30.9 Å². The highest BCUT2D eigenvalue weighted by Gasteiger charge is 2.24. The summed E-state index contributed by atoms with van der Waals surface area (Å²) >= 11 is 0. The molecule has 0 saturated heterocycles. The van der Waals surface area contributed by atoms with Crippen LogP contribution in [0.15, 0.2) is 42.2 Å². The van der Waals surface area contributed by atoms with Gasteiger partial charge in [-0.1, -0.05) is 43.9 Å². The molecule has 0 aliphatic heterocycles. The molecule has 136 valence electrons. The minimum Gasteiger partial charge on any atom is -0.403 e. The maximum absolute atomic E-state index is 12.5. The van der Waals surface area contributed by atoms with E-state index in [4.69, 9.17) is 17.3 Å². The number of primary amides is 1. The predicted octanol–water partition coefficient (Wildman–Crippen LogP) is 1.11. The van der Waals surface area contributed by atoms with Crippen molar-refractivity contribution in [2.45, 2.75) is 44.6 Å². The van der Waals surface area contributed by atoms with E-state index in [9.17, 15) is 9.59 Å². The van der Waals surface area contributed by atoms with E-state index in [1.54, 1.807) is 24.3 Å². The first-order valence-electron chi connectivity index (χ1n) is 8.65. The Balaban J connectivity index is 1.99. The first-order valence-corrected chi connectivity index (χ1v) is 8.65. The van der Waals surface area contributed by atoms with Crippen LogP contribution in [0.5, 0.6) is 0 Å². The van der Waals surface area contributed by atoms with Gasteiger partial charge >= 0.3 is 0 Å². The van der Waals surface area contributed by atoms with Crippen molar-refractivity contribution in [3.8, 4) is 0 Å². The summed E-state index contributed by atoms with van der Waals surface area (Å²) in [6.07, 6.45) is 7.35. The Morgan fingerprint density at radius 2 is 1.88 bits per heavy atom. The van der Waals surface area contributed by atoms with Crippen LogP contribution in [0.1, 0.15) is 38.5 Å². The second-order valence-corrected chi connectivity index (χ2v) is 6.41. The van der Waals surface area contributed by atoms with Crippen molar-refractivity contribution < 1.29 is 9.59 Å². The van der Waals surface area contributed by atoms with Crippen LogP contribution < -0.4 is 27.6 Å². The molecule has 7 N–H and O–H groups in total. The van der Waals surface area contributed by atoms with Crippen LogP contribution in [0, 0.1) is 5.92 Å². The molecule has 1 unspecified atom stereocenters. The Kier molecular flexibility index (Phi) is 6.82. The maximum atomic E-state index is 12.5. The largest absolute Gasteiger partial charge is 0.403 e. The van der Waals surface area contributed by atoms with Crippen LogP contribution in [-0.2, 0) is 9.59 Å². The lowest BCUT2D eigenvalue weighted by atomic mass is 9.98. The van der Waals surface area contributed by atoms with Crippen LogP contribution in [0.25, 0.3) is 0 Å². The summed E-state index contributed by atoms with van der Waals surface area (Å²) in [4.78, 5) is 24.2. The lowest BCUT2D eigenvalue weighted by molar-refractivity contribution is -0.125. The van der Waals surface area contributed by atoms with E-state index in [-0.39, 0.29) is 5.70 Å². The van der Waals surface area contributed by atoms with Crippen LogP contribution in [0.2, 0.25) is 0 Å². The van der Waals surface area contributed by atoms with Gasteiger partial charge in [0.05, 0.1) is 5.69 Å².